The molecule has 0 aromatic carbocycles. The summed E-state index contributed by atoms with van der Waals surface area (Å²) in [5.74, 6) is -1.35. The van der Waals surface area contributed by atoms with E-state index in [2.05, 4.69) is 0 Å². The highest BCUT2D eigenvalue weighted by molar-refractivity contribution is 5.73. The van der Waals surface area contributed by atoms with Crippen LogP contribution in [0.3, 0.4) is 0 Å². The molecule has 0 radical (unpaired) electrons. The molecular weight excluding hydrogens is 216 g/mol. The summed E-state index contributed by atoms with van der Waals surface area (Å²) in [6.07, 6.45) is -6.79. The van der Waals surface area contributed by atoms with Crippen LogP contribution in [-0.2, 0) is 9.53 Å². The fourth-order valence-electron chi connectivity index (χ4n) is 1.80. The van der Waals surface area contributed by atoms with Gasteiger partial charge in [0.2, 0.25) is 0 Å². The molecule has 16 heavy (non-hydrogen) atoms. The van der Waals surface area contributed by atoms with Crippen molar-refractivity contribution in [3.05, 3.63) is 0 Å². The molecule has 4 N–H and O–H groups in total. The fourth-order valence-corrected chi connectivity index (χ4v) is 1.80. The second kappa shape index (κ2) is 4.29. The summed E-state index contributed by atoms with van der Waals surface area (Å²) < 4.78 is 5.15. The highest BCUT2D eigenvalue weighted by Crippen LogP contribution is 2.32. The normalized spacial score (nSPS) is 40.8. The molecule has 1 fully saturated rings. The van der Waals surface area contributed by atoms with Gasteiger partial charge in [0.1, 0.15) is 18.3 Å². The van der Waals surface area contributed by atoms with E-state index in [4.69, 9.17) is 9.84 Å². The molecule has 5 atom stereocenters. The van der Waals surface area contributed by atoms with Crippen LogP contribution in [0.5, 0.6) is 0 Å². The van der Waals surface area contributed by atoms with Gasteiger partial charge in [0.25, 0.3) is 0 Å². The van der Waals surface area contributed by atoms with Gasteiger partial charge in [-0.05, 0) is 5.41 Å². The molecule has 0 amide bonds. The number of aliphatic carboxylic acids is 1. The van der Waals surface area contributed by atoms with Crippen LogP contribution in [0.15, 0.2) is 0 Å². The minimum absolute atomic E-state index is 0.533. The Hall–Kier alpha value is -0.690. The van der Waals surface area contributed by atoms with E-state index in [-0.39, 0.29) is 0 Å². The summed E-state index contributed by atoms with van der Waals surface area (Å²) in [4.78, 5) is 10.8. The van der Waals surface area contributed by atoms with Crippen molar-refractivity contribution in [1.82, 2.24) is 0 Å². The monoisotopic (exact) mass is 234 g/mol. The third-order valence-corrected chi connectivity index (χ3v) is 2.71. The van der Waals surface area contributed by atoms with Crippen molar-refractivity contribution in [3.63, 3.8) is 0 Å². The molecule has 94 valence electrons. The molecule has 1 heterocycles. The molecule has 0 saturated carbocycles. The van der Waals surface area contributed by atoms with Crippen molar-refractivity contribution in [3.8, 4) is 0 Å². The first-order valence-electron chi connectivity index (χ1n) is 5.08. The molecule has 6 heteroatoms. The molecule has 0 aromatic heterocycles. The molecule has 1 saturated heterocycles. The lowest BCUT2D eigenvalue weighted by Crippen LogP contribution is -2.62. The zero-order valence-corrected chi connectivity index (χ0v) is 9.49. The number of carboxylic acid groups (broad SMARTS) is 1. The van der Waals surface area contributed by atoms with E-state index in [0.29, 0.717) is 0 Å². The maximum atomic E-state index is 10.8. The lowest BCUT2D eigenvalue weighted by molar-refractivity contribution is -0.246. The van der Waals surface area contributed by atoms with E-state index in [0.717, 1.165) is 0 Å². The average Bonchev–Trinajstić information content (AvgIpc) is 2.11. The maximum absolute atomic E-state index is 10.8. The number of ether oxygens (including phenoxy) is 1. The average molecular weight is 234 g/mol. The van der Waals surface area contributed by atoms with Gasteiger partial charge in [0.15, 0.2) is 6.10 Å². The summed E-state index contributed by atoms with van der Waals surface area (Å²) in [5.41, 5.74) is -0.533. The Kier molecular flexibility index (Phi) is 3.59. The molecule has 6 nitrogen and oxygen atoms in total. The van der Waals surface area contributed by atoms with Crippen molar-refractivity contribution in [2.24, 2.45) is 5.41 Å². The third-order valence-electron chi connectivity index (χ3n) is 2.71. The molecule has 0 aliphatic carbocycles. The van der Waals surface area contributed by atoms with Crippen LogP contribution < -0.4 is 0 Å². The van der Waals surface area contributed by atoms with Gasteiger partial charge in [0.05, 0.1) is 6.10 Å². The number of aliphatic hydroxyl groups is 3. The predicted octanol–water partition coefficient (Wildman–Crippen LogP) is -1.03. The van der Waals surface area contributed by atoms with Gasteiger partial charge in [0, 0.05) is 0 Å². The number of carbonyl (C=O) groups is 1. The number of aliphatic hydroxyl groups excluding tert-OH is 3. The van der Waals surface area contributed by atoms with Gasteiger partial charge >= 0.3 is 5.97 Å². The first-order valence-corrected chi connectivity index (χ1v) is 5.08. The maximum Gasteiger partial charge on any atom is 0.335 e. The second-order valence-electron chi connectivity index (χ2n) is 5.15. The van der Waals surface area contributed by atoms with Gasteiger partial charge in [-0.3, -0.25) is 0 Å². The number of hydrogen-bond acceptors (Lipinski definition) is 5. The Bertz CT molecular complexity index is 271. The third kappa shape index (κ3) is 2.35. The second-order valence-corrected chi connectivity index (χ2v) is 5.15. The SMILES string of the molecule is CC(C)(C)[C@@H]1O[C@@H](C(=O)O)[C@H](O)[C@@H](O)[C@@H]1O. The molecule has 1 aliphatic rings. The Labute approximate surface area is 93.5 Å². The predicted molar refractivity (Wildman–Crippen MR) is 53.8 cm³/mol. The van der Waals surface area contributed by atoms with Gasteiger partial charge < -0.3 is 25.2 Å². The molecule has 0 spiro atoms. The van der Waals surface area contributed by atoms with E-state index in [1.807, 2.05) is 0 Å². The lowest BCUT2D eigenvalue weighted by Gasteiger charge is -2.44. The van der Waals surface area contributed by atoms with Gasteiger partial charge in [-0.1, -0.05) is 20.8 Å². The summed E-state index contributed by atoms with van der Waals surface area (Å²) in [5, 5.41) is 37.5. The van der Waals surface area contributed by atoms with E-state index in [1.54, 1.807) is 20.8 Å². The van der Waals surface area contributed by atoms with Gasteiger partial charge in [-0.15, -0.1) is 0 Å². The Morgan fingerprint density at radius 1 is 1.06 bits per heavy atom. The summed E-state index contributed by atoms with van der Waals surface area (Å²) in [6.45, 7) is 5.26. The number of hydrogen-bond donors (Lipinski definition) is 4. The van der Waals surface area contributed by atoms with Gasteiger partial charge in [-0.2, -0.15) is 0 Å². The Morgan fingerprint density at radius 3 is 1.94 bits per heavy atom. The van der Waals surface area contributed by atoms with E-state index in [9.17, 15) is 20.1 Å². The van der Waals surface area contributed by atoms with Crippen molar-refractivity contribution in [2.45, 2.75) is 51.3 Å². The van der Waals surface area contributed by atoms with Crippen LogP contribution in [0.4, 0.5) is 0 Å². The van der Waals surface area contributed by atoms with Crippen molar-refractivity contribution in [1.29, 1.82) is 0 Å². The highest BCUT2D eigenvalue weighted by atomic mass is 16.6. The van der Waals surface area contributed by atoms with E-state index in [1.165, 1.54) is 0 Å². The zero-order chi connectivity index (χ0) is 12.7. The van der Waals surface area contributed by atoms with E-state index < -0.39 is 41.9 Å². The summed E-state index contributed by atoms with van der Waals surface area (Å²) in [7, 11) is 0. The topological polar surface area (TPSA) is 107 Å². The van der Waals surface area contributed by atoms with Crippen LogP contribution in [-0.4, -0.2) is 56.9 Å². The molecular formula is C10H18O6. The van der Waals surface area contributed by atoms with Crippen molar-refractivity contribution >= 4 is 5.97 Å². The van der Waals surface area contributed by atoms with Crippen molar-refractivity contribution in [2.75, 3.05) is 0 Å². The molecule has 0 unspecified atom stereocenters. The quantitative estimate of drug-likeness (QED) is 0.462. The van der Waals surface area contributed by atoms with Gasteiger partial charge in [-0.25, -0.2) is 4.79 Å². The molecule has 0 bridgehead atoms. The van der Waals surface area contributed by atoms with Crippen molar-refractivity contribution < 1.29 is 30.0 Å². The molecule has 0 aromatic rings. The van der Waals surface area contributed by atoms with E-state index >= 15 is 0 Å². The molecule has 1 rings (SSSR count). The Morgan fingerprint density at radius 2 is 1.56 bits per heavy atom. The minimum atomic E-state index is -1.62. The standard InChI is InChI=1S/C10H18O6/c1-10(2,3)8-6(13)4(11)5(12)7(16-8)9(14)15/h4-8,11-13H,1-3H3,(H,14,15)/t4-,5-,6+,7-,8-/m1/s1. The minimum Gasteiger partial charge on any atom is -0.479 e. The first-order chi connectivity index (χ1) is 7.16. The summed E-state index contributed by atoms with van der Waals surface area (Å²) >= 11 is 0. The lowest BCUT2D eigenvalue weighted by atomic mass is 9.80. The zero-order valence-electron chi connectivity index (χ0n) is 9.49. The first kappa shape index (κ1) is 13.4. The Balaban J connectivity index is 2.94. The largest absolute Gasteiger partial charge is 0.479 e. The molecule has 1 aliphatic heterocycles. The smallest absolute Gasteiger partial charge is 0.335 e. The van der Waals surface area contributed by atoms with Crippen LogP contribution in [0.2, 0.25) is 0 Å². The van der Waals surface area contributed by atoms with Crippen LogP contribution >= 0.6 is 0 Å². The van der Waals surface area contributed by atoms with Crippen LogP contribution in [0.1, 0.15) is 20.8 Å². The van der Waals surface area contributed by atoms with Crippen LogP contribution in [0.25, 0.3) is 0 Å². The summed E-state index contributed by atoms with van der Waals surface area (Å²) in [6, 6.07) is 0. The highest BCUT2D eigenvalue weighted by Gasteiger charge is 2.50. The fraction of sp³-hybridized carbons (Fsp3) is 0.900. The van der Waals surface area contributed by atoms with Crippen LogP contribution in [0, 0.1) is 5.41 Å². The number of carboxylic acids is 1. The number of rotatable bonds is 1.